The van der Waals surface area contributed by atoms with Crippen molar-refractivity contribution in [2.45, 2.75) is 18.4 Å². The zero-order chi connectivity index (χ0) is 16.1. The van der Waals surface area contributed by atoms with Crippen LogP contribution in [0.3, 0.4) is 0 Å². The van der Waals surface area contributed by atoms with E-state index in [9.17, 15) is 4.79 Å². The van der Waals surface area contributed by atoms with Crippen molar-refractivity contribution in [1.82, 2.24) is 14.9 Å². The quantitative estimate of drug-likeness (QED) is 0.840. The van der Waals surface area contributed by atoms with Crippen molar-refractivity contribution in [3.8, 4) is 11.4 Å². The summed E-state index contributed by atoms with van der Waals surface area (Å²) < 4.78 is 5.90. The molecule has 124 valence electrons. The molecule has 6 heterocycles. The Morgan fingerprint density at radius 1 is 1.21 bits per heavy atom. The number of amides is 1. The number of anilines is 1. The number of rotatable bonds is 2. The fraction of sp³-hybridized carbons (Fsp3) is 0.471. The van der Waals surface area contributed by atoms with Gasteiger partial charge in [-0.15, -0.1) is 11.3 Å². The van der Waals surface area contributed by atoms with Crippen LogP contribution in [0, 0.1) is 5.92 Å². The fourth-order valence-corrected chi connectivity index (χ4v) is 4.99. The molecule has 24 heavy (non-hydrogen) atoms. The van der Waals surface area contributed by atoms with Gasteiger partial charge in [-0.25, -0.2) is 14.7 Å². The Bertz CT molecular complexity index is 772. The smallest absolute Gasteiger partial charge is 0.416 e. The Balaban J connectivity index is 1.42. The van der Waals surface area contributed by atoms with E-state index in [0.717, 1.165) is 43.9 Å². The van der Waals surface area contributed by atoms with E-state index >= 15 is 0 Å². The highest BCUT2D eigenvalue weighted by Crippen LogP contribution is 2.43. The molecule has 0 N–H and O–H groups in total. The van der Waals surface area contributed by atoms with E-state index in [-0.39, 0.29) is 11.7 Å². The van der Waals surface area contributed by atoms with E-state index in [2.05, 4.69) is 14.9 Å². The molecule has 4 aliphatic heterocycles. The van der Waals surface area contributed by atoms with Crippen molar-refractivity contribution in [3.05, 3.63) is 29.8 Å². The Labute approximate surface area is 144 Å². The lowest BCUT2D eigenvalue weighted by Gasteiger charge is -2.49. The van der Waals surface area contributed by atoms with E-state index in [1.165, 1.54) is 11.3 Å². The zero-order valence-electron chi connectivity index (χ0n) is 13.2. The summed E-state index contributed by atoms with van der Waals surface area (Å²) in [4.78, 5) is 25.6. The Morgan fingerprint density at radius 2 is 2.08 bits per heavy atom. The van der Waals surface area contributed by atoms with Gasteiger partial charge in [0.15, 0.2) is 5.13 Å². The summed E-state index contributed by atoms with van der Waals surface area (Å²) in [5.41, 5.74) is 1.29. The normalized spacial score (nSPS) is 31.7. The van der Waals surface area contributed by atoms with Crippen LogP contribution in [0.2, 0.25) is 0 Å². The van der Waals surface area contributed by atoms with Gasteiger partial charge in [0.2, 0.25) is 0 Å². The van der Waals surface area contributed by atoms with E-state index in [1.807, 2.05) is 23.6 Å². The van der Waals surface area contributed by atoms with Crippen molar-refractivity contribution < 1.29 is 9.53 Å². The monoisotopic (exact) mass is 342 g/mol. The highest BCUT2D eigenvalue weighted by Gasteiger charge is 2.56. The van der Waals surface area contributed by atoms with E-state index in [0.29, 0.717) is 17.6 Å². The predicted molar refractivity (Wildman–Crippen MR) is 91.1 cm³/mol. The predicted octanol–water partition coefficient (Wildman–Crippen LogP) is 2.63. The zero-order valence-corrected chi connectivity index (χ0v) is 14.0. The first kappa shape index (κ1) is 14.4. The number of hydrogen-bond donors (Lipinski definition) is 0. The molecule has 0 aliphatic carbocycles. The van der Waals surface area contributed by atoms with Crippen LogP contribution in [-0.4, -0.2) is 52.7 Å². The molecule has 0 radical (unpaired) electrons. The van der Waals surface area contributed by atoms with Gasteiger partial charge in [0.05, 0.1) is 12.2 Å². The molecule has 2 bridgehead atoms. The first-order valence-electron chi connectivity index (χ1n) is 8.33. The number of nitrogens with zero attached hydrogens (tertiary/aromatic N) is 4. The van der Waals surface area contributed by atoms with Crippen molar-refractivity contribution in [2.75, 3.05) is 31.1 Å². The van der Waals surface area contributed by atoms with Crippen LogP contribution in [0.1, 0.15) is 12.8 Å². The maximum Gasteiger partial charge on any atom is 0.416 e. The Kier molecular flexibility index (Phi) is 3.14. The van der Waals surface area contributed by atoms with Crippen molar-refractivity contribution in [1.29, 1.82) is 0 Å². The van der Waals surface area contributed by atoms with Gasteiger partial charge >= 0.3 is 6.09 Å². The topological polar surface area (TPSA) is 58.6 Å². The molecule has 2 aromatic heterocycles. The van der Waals surface area contributed by atoms with Gasteiger partial charge in [-0.2, -0.15) is 0 Å². The minimum atomic E-state index is -0.343. The van der Waals surface area contributed by atoms with Crippen molar-refractivity contribution in [3.63, 3.8) is 0 Å². The summed E-state index contributed by atoms with van der Waals surface area (Å²) >= 11 is 1.47. The Hall–Kier alpha value is -1.99. The molecule has 4 saturated heterocycles. The van der Waals surface area contributed by atoms with Crippen LogP contribution >= 0.6 is 11.3 Å². The number of ether oxygens (including phenoxy) is 1. The largest absolute Gasteiger partial charge is 0.439 e. The lowest BCUT2D eigenvalue weighted by atomic mass is 9.75. The molecule has 0 saturated carbocycles. The van der Waals surface area contributed by atoms with Crippen LogP contribution in [0.4, 0.5) is 9.93 Å². The van der Waals surface area contributed by atoms with Crippen LogP contribution in [0.25, 0.3) is 11.4 Å². The minimum absolute atomic E-state index is 0.259. The lowest BCUT2D eigenvalue weighted by Crippen LogP contribution is -2.61. The highest BCUT2D eigenvalue weighted by molar-refractivity contribution is 7.14. The number of carbonyl (C=O) groups excluding carboxylic acids is 1. The molecular formula is C17H18N4O2S. The van der Waals surface area contributed by atoms with Crippen LogP contribution in [0.15, 0.2) is 29.8 Å². The van der Waals surface area contributed by atoms with Gasteiger partial charge in [-0.3, -0.25) is 9.88 Å². The molecule has 0 aromatic carbocycles. The standard InChI is InChI=1S/C17H18N4O2S/c22-16-21(11-17(23-16)10-20-7-4-12(17)5-8-20)15-19-14(9-24-15)13-3-1-2-6-18-13/h1-3,6,9,12H,4-5,7-8,10-11H2/t17-/m1/s1. The second kappa shape index (κ2) is 5.26. The summed E-state index contributed by atoms with van der Waals surface area (Å²) in [6, 6.07) is 5.75. The van der Waals surface area contributed by atoms with E-state index < -0.39 is 0 Å². The summed E-state index contributed by atoms with van der Waals surface area (Å²) in [5.74, 6) is 0.478. The Morgan fingerprint density at radius 3 is 2.79 bits per heavy atom. The maximum absolute atomic E-state index is 12.5. The third kappa shape index (κ3) is 2.15. The molecule has 0 unspecified atom stereocenters. The van der Waals surface area contributed by atoms with Gasteiger partial charge in [-0.05, 0) is 38.1 Å². The lowest BCUT2D eigenvalue weighted by molar-refractivity contribution is -0.0881. The van der Waals surface area contributed by atoms with Crippen molar-refractivity contribution in [2.24, 2.45) is 5.92 Å². The van der Waals surface area contributed by atoms with E-state index in [4.69, 9.17) is 4.74 Å². The number of piperidine rings is 3. The van der Waals surface area contributed by atoms with Crippen molar-refractivity contribution >= 4 is 22.6 Å². The number of thiazole rings is 1. The number of aromatic nitrogens is 2. The molecule has 1 spiro atoms. The molecule has 1 atom stereocenters. The van der Waals surface area contributed by atoms with Crippen LogP contribution < -0.4 is 4.90 Å². The first-order chi connectivity index (χ1) is 11.7. The summed E-state index contributed by atoms with van der Waals surface area (Å²) in [6.45, 7) is 3.73. The number of hydrogen-bond acceptors (Lipinski definition) is 6. The van der Waals surface area contributed by atoms with E-state index in [1.54, 1.807) is 11.1 Å². The molecule has 4 aliphatic rings. The molecular weight excluding hydrogens is 324 g/mol. The second-order valence-corrected chi connectivity index (χ2v) is 7.64. The van der Waals surface area contributed by atoms with Gasteiger partial charge < -0.3 is 4.74 Å². The van der Waals surface area contributed by atoms with Gasteiger partial charge in [-0.1, -0.05) is 6.07 Å². The fourth-order valence-electron chi connectivity index (χ4n) is 4.18. The SMILES string of the molecule is O=C1O[C@]2(CN3CCC2CC3)CN1c1nc(-c2ccccn2)cs1. The third-order valence-corrected chi connectivity index (χ3v) is 6.27. The molecule has 7 heteroatoms. The van der Waals surface area contributed by atoms with Gasteiger partial charge in [0, 0.05) is 24.0 Å². The number of pyridine rings is 1. The first-order valence-corrected chi connectivity index (χ1v) is 9.21. The molecule has 1 amide bonds. The third-order valence-electron chi connectivity index (χ3n) is 5.41. The number of carbonyl (C=O) groups is 1. The molecule has 4 fully saturated rings. The maximum atomic E-state index is 12.5. The number of fused-ring (bicyclic) bond motifs is 2. The highest BCUT2D eigenvalue weighted by atomic mass is 32.1. The van der Waals surface area contributed by atoms with Crippen LogP contribution in [0.5, 0.6) is 0 Å². The second-order valence-electron chi connectivity index (χ2n) is 6.80. The average molecular weight is 342 g/mol. The summed E-state index contributed by atoms with van der Waals surface area (Å²) in [6.07, 6.45) is 3.74. The molecule has 6 nitrogen and oxygen atoms in total. The summed E-state index contributed by atoms with van der Waals surface area (Å²) in [7, 11) is 0. The molecule has 2 aromatic rings. The average Bonchev–Trinajstić information content (AvgIpc) is 3.22. The van der Waals surface area contributed by atoms with Gasteiger partial charge in [0.25, 0.3) is 0 Å². The molecule has 6 rings (SSSR count). The van der Waals surface area contributed by atoms with Gasteiger partial charge in [0.1, 0.15) is 11.3 Å². The van der Waals surface area contributed by atoms with Crippen LogP contribution in [-0.2, 0) is 4.74 Å². The minimum Gasteiger partial charge on any atom is -0.439 e. The summed E-state index contributed by atoms with van der Waals surface area (Å²) in [5, 5.41) is 2.65.